The fourth-order valence-corrected chi connectivity index (χ4v) is 2.76. The number of phenolic OH excluding ortho intramolecular Hbond substituents is 1. The lowest BCUT2D eigenvalue weighted by Gasteiger charge is -2.11. The number of rotatable bonds is 8. The van der Waals surface area contributed by atoms with E-state index in [4.69, 9.17) is 14.2 Å². The van der Waals surface area contributed by atoms with Crippen molar-refractivity contribution in [3.8, 4) is 23.0 Å². The van der Waals surface area contributed by atoms with E-state index in [1.54, 1.807) is 61.5 Å². The average molecular weight is 434 g/mol. The lowest BCUT2D eigenvalue weighted by Crippen LogP contribution is -2.17. The van der Waals surface area contributed by atoms with Gasteiger partial charge in [0.1, 0.15) is 11.5 Å². The van der Waals surface area contributed by atoms with E-state index in [2.05, 4.69) is 10.5 Å². The van der Waals surface area contributed by atoms with Crippen molar-refractivity contribution in [2.24, 2.45) is 5.10 Å². The molecule has 8 heteroatoms. The number of benzene rings is 3. The summed E-state index contributed by atoms with van der Waals surface area (Å²) in [5, 5.41) is 13.6. The highest BCUT2D eigenvalue weighted by atomic mass is 16.6. The number of phenols is 1. The SMILES string of the molecule is CCOc1cc(/C=N\NC(=O)c2ccccc2O)ccc1OC(=O)c1cccc(OC)c1. The van der Waals surface area contributed by atoms with Crippen LogP contribution in [0.15, 0.2) is 71.8 Å². The van der Waals surface area contributed by atoms with Gasteiger partial charge in [0, 0.05) is 0 Å². The van der Waals surface area contributed by atoms with Crippen LogP contribution in [0.25, 0.3) is 0 Å². The third-order valence-corrected chi connectivity index (χ3v) is 4.30. The number of carbonyl (C=O) groups is 2. The van der Waals surface area contributed by atoms with Crippen LogP contribution in [0.4, 0.5) is 0 Å². The van der Waals surface area contributed by atoms with Crippen LogP contribution in [-0.4, -0.2) is 36.9 Å². The summed E-state index contributed by atoms with van der Waals surface area (Å²) in [5.41, 5.74) is 3.40. The van der Waals surface area contributed by atoms with Gasteiger partial charge in [0.05, 0.1) is 31.1 Å². The van der Waals surface area contributed by atoms with E-state index >= 15 is 0 Å². The van der Waals surface area contributed by atoms with Crippen molar-refractivity contribution >= 4 is 18.1 Å². The number of aromatic hydroxyl groups is 1. The number of amides is 1. The molecule has 0 aliphatic carbocycles. The second-order valence-electron chi connectivity index (χ2n) is 6.48. The summed E-state index contributed by atoms with van der Waals surface area (Å²) >= 11 is 0. The van der Waals surface area contributed by atoms with Gasteiger partial charge < -0.3 is 19.3 Å². The van der Waals surface area contributed by atoms with E-state index in [9.17, 15) is 14.7 Å². The molecule has 164 valence electrons. The van der Waals surface area contributed by atoms with Crippen molar-refractivity contribution in [2.75, 3.05) is 13.7 Å². The third-order valence-electron chi connectivity index (χ3n) is 4.30. The van der Waals surface area contributed by atoms with Crippen LogP contribution in [0.2, 0.25) is 0 Å². The average Bonchev–Trinajstić information content (AvgIpc) is 2.81. The van der Waals surface area contributed by atoms with Gasteiger partial charge in [-0.05, 0) is 61.0 Å². The molecule has 0 aromatic heterocycles. The van der Waals surface area contributed by atoms with Crippen molar-refractivity contribution in [1.29, 1.82) is 0 Å². The first kappa shape index (κ1) is 22.4. The largest absolute Gasteiger partial charge is 0.507 e. The van der Waals surface area contributed by atoms with Gasteiger partial charge in [0.25, 0.3) is 5.91 Å². The Morgan fingerprint density at radius 3 is 2.59 bits per heavy atom. The van der Waals surface area contributed by atoms with Gasteiger partial charge >= 0.3 is 5.97 Å². The first-order valence-corrected chi connectivity index (χ1v) is 9.76. The molecule has 3 aromatic rings. The molecule has 8 nitrogen and oxygen atoms in total. The number of ether oxygens (including phenoxy) is 3. The van der Waals surface area contributed by atoms with E-state index in [1.165, 1.54) is 25.5 Å². The number of carbonyl (C=O) groups excluding carboxylic acids is 2. The summed E-state index contributed by atoms with van der Waals surface area (Å²) in [6.45, 7) is 2.16. The van der Waals surface area contributed by atoms with Crippen LogP contribution in [0.3, 0.4) is 0 Å². The van der Waals surface area contributed by atoms with Gasteiger partial charge in [-0.2, -0.15) is 5.10 Å². The Morgan fingerprint density at radius 2 is 1.84 bits per heavy atom. The molecule has 32 heavy (non-hydrogen) atoms. The van der Waals surface area contributed by atoms with E-state index in [-0.39, 0.29) is 17.1 Å². The summed E-state index contributed by atoms with van der Waals surface area (Å²) in [6, 6.07) is 17.7. The van der Waals surface area contributed by atoms with Crippen molar-refractivity contribution in [1.82, 2.24) is 5.43 Å². The van der Waals surface area contributed by atoms with Crippen LogP contribution in [0.1, 0.15) is 33.2 Å². The molecule has 0 aliphatic heterocycles. The predicted octanol–water partition coefficient (Wildman–Crippen LogP) is 3.78. The normalized spacial score (nSPS) is 10.6. The zero-order valence-electron chi connectivity index (χ0n) is 17.6. The molecular weight excluding hydrogens is 412 g/mol. The molecular formula is C24H22N2O6. The Morgan fingerprint density at radius 1 is 1.03 bits per heavy atom. The molecule has 3 aromatic carbocycles. The molecule has 2 N–H and O–H groups in total. The first-order chi connectivity index (χ1) is 15.5. The molecule has 3 rings (SSSR count). The first-order valence-electron chi connectivity index (χ1n) is 9.76. The standard InChI is InChI=1S/C24H22N2O6/c1-3-31-22-13-16(15-25-26-23(28)19-9-4-5-10-20(19)27)11-12-21(22)32-24(29)17-7-6-8-18(14-17)30-2/h4-15,27H,3H2,1-2H3,(H,26,28)/b25-15-. The number of hydrogen-bond donors (Lipinski definition) is 2. The van der Waals surface area contributed by atoms with E-state index < -0.39 is 11.9 Å². The highest BCUT2D eigenvalue weighted by molar-refractivity contribution is 5.97. The number of esters is 1. The van der Waals surface area contributed by atoms with E-state index in [0.29, 0.717) is 29.2 Å². The molecule has 1 amide bonds. The summed E-state index contributed by atoms with van der Waals surface area (Å²) in [7, 11) is 1.52. The molecule has 0 fully saturated rings. The lowest BCUT2D eigenvalue weighted by molar-refractivity contribution is 0.0727. The molecule has 0 aliphatic rings. The minimum Gasteiger partial charge on any atom is -0.507 e. The monoisotopic (exact) mass is 434 g/mol. The van der Waals surface area contributed by atoms with Crippen LogP contribution >= 0.6 is 0 Å². The molecule has 0 unspecified atom stereocenters. The zero-order chi connectivity index (χ0) is 22.9. The maximum Gasteiger partial charge on any atom is 0.343 e. The summed E-state index contributed by atoms with van der Waals surface area (Å²) in [5.74, 6) is -0.104. The van der Waals surface area contributed by atoms with Crippen LogP contribution in [0, 0.1) is 0 Å². The van der Waals surface area contributed by atoms with Gasteiger partial charge in [-0.1, -0.05) is 18.2 Å². The Hall–Kier alpha value is -4.33. The minimum absolute atomic E-state index is 0.111. The highest BCUT2D eigenvalue weighted by Crippen LogP contribution is 2.29. The highest BCUT2D eigenvalue weighted by Gasteiger charge is 2.14. The molecule has 0 bridgehead atoms. The fourth-order valence-electron chi connectivity index (χ4n) is 2.76. The number of hydrazone groups is 1. The Labute approximate surface area is 185 Å². The third kappa shape index (κ3) is 5.63. The number of methoxy groups -OCH3 is 1. The summed E-state index contributed by atoms with van der Waals surface area (Å²) in [6.07, 6.45) is 1.41. The second kappa shape index (κ2) is 10.6. The molecule has 0 atom stereocenters. The molecule has 0 radical (unpaired) electrons. The number of nitrogens with one attached hydrogen (secondary N) is 1. The summed E-state index contributed by atoms with van der Waals surface area (Å²) in [4.78, 5) is 24.6. The van der Waals surface area contributed by atoms with Gasteiger partial charge in [-0.25, -0.2) is 10.2 Å². The topological polar surface area (TPSA) is 106 Å². The van der Waals surface area contributed by atoms with E-state index in [1.807, 2.05) is 0 Å². The maximum atomic E-state index is 12.5. The van der Waals surface area contributed by atoms with Crippen molar-refractivity contribution in [3.05, 3.63) is 83.4 Å². The van der Waals surface area contributed by atoms with Crippen LogP contribution in [-0.2, 0) is 0 Å². The maximum absolute atomic E-state index is 12.5. The Balaban J connectivity index is 1.72. The minimum atomic E-state index is -0.554. The molecule has 0 saturated carbocycles. The molecule has 0 heterocycles. The van der Waals surface area contributed by atoms with Crippen LogP contribution in [0.5, 0.6) is 23.0 Å². The lowest BCUT2D eigenvalue weighted by atomic mass is 10.2. The number of nitrogens with zero attached hydrogens (tertiary/aromatic N) is 1. The van der Waals surface area contributed by atoms with Crippen molar-refractivity contribution in [3.63, 3.8) is 0 Å². The second-order valence-corrected chi connectivity index (χ2v) is 6.48. The van der Waals surface area contributed by atoms with Crippen LogP contribution < -0.4 is 19.6 Å². The fraction of sp³-hybridized carbons (Fsp3) is 0.125. The van der Waals surface area contributed by atoms with Crippen molar-refractivity contribution < 1.29 is 28.9 Å². The predicted molar refractivity (Wildman–Crippen MR) is 119 cm³/mol. The van der Waals surface area contributed by atoms with Gasteiger partial charge in [-0.3, -0.25) is 4.79 Å². The smallest absolute Gasteiger partial charge is 0.343 e. The Bertz CT molecular complexity index is 1140. The molecule has 0 spiro atoms. The summed E-state index contributed by atoms with van der Waals surface area (Å²) < 4.78 is 16.2. The van der Waals surface area contributed by atoms with Gasteiger partial charge in [-0.15, -0.1) is 0 Å². The van der Waals surface area contributed by atoms with Crippen molar-refractivity contribution in [2.45, 2.75) is 6.92 Å². The Kier molecular flexibility index (Phi) is 7.42. The quantitative estimate of drug-likeness (QED) is 0.242. The number of hydrogen-bond acceptors (Lipinski definition) is 7. The van der Waals surface area contributed by atoms with Gasteiger partial charge in [0.2, 0.25) is 0 Å². The van der Waals surface area contributed by atoms with Gasteiger partial charge in [0.15, 0.2) is 11.5 Å². The zero-order valence-corrected chi connectivity index (χ0v) is 17.6. The number of para-hydroxylation sites is 1. The molecule has 0 saturated heterocycles. The van der Waals surface area contributed by atoms with E-state index in [0.717, 1.165) is 0 Å².